The van der Waals surface area contributed by atoms with Crippen LogP contribution in [0.2, 0.25) is 0 Å². The first kappa shape index (κ1) is 14.6. The Kier molecular flexibility index (Phi) is 4.92. The molecule has 2 amide bonds. The van der Waals surface area contributed by atoms with Crippen molar-refractivity contribution in [2.24, 2.45) is 5.73 Å². The van der Waals surface area contributed by atoms with Crippen molar-refractivity contribution in [3.05, 3.63) is 29.8 Å². The number of hydrogen-bond donors (Lipinski definition) is 3. The highest BCUT2D eigenvalue weighted by Gasteiger charge is 2.21. The quantitative estimate of drug-likeness (QED) is 0.652. The maximum absolute atomic E-state index is 12.9. The normalized spacial score (nSPS) is 11.6. The van der Waals surface area contributed by atoms with Gasteiger partial charge in [0.15, 0.2) is 0 Å². The highest BCUT2D eigenvalue weighted by atomic mass is 19.1. The summed E-state index contributed by atoms with van der Waals surface area (Å²) in [6.07, 6.45) is 1.70. The molecule has 0 spiro atoms. The Labute approximate surface area is 107 Å². The standard InChI is InChI=1S/C11H12FN3O4/c12-7-3-6(4-14-5-7)10(17)15-8(11(18)19)1-2-9(13)16/h3-5,8H,1-2H2,(H2,13,16)(H,15,17)(H,18,19)/t8-/m0/s1. The maximum Gasteiger partial charge on any atom is 0.326 e. The van der Waals surface area contributed by atoms with Crippen LogP contribution in [-0.4, -0.2) is 33.9 Å². The molecule has 0 saturated carbocycles. The molecule has 19 heavy (non-hydrogen) atoms. The van der Waals surface area contributed by atoms with Crippen molar-refractivity contribution >= 4 is 17.8 Å². The van der Waals surface area contributed by atoms with Gasteiger partial charge < -0.3 is 16.2 Å². The van der Waals surface area contributed by atoms with Gasteiger partial charge in [0.05, 0.1) is 11.8 Å². The van der Waals surface area contributed by atoms with Crippen LogP contribution in [0.25, 0.3) is 0 Å². The van der Waals surface area contributed by atoms with E-state index in [1.807, 2.05) is 0 Å². The topological polar surface area (TPSA) is 122 Å². The van der Waals surface area contributed by atoms with E-state index in [1.54, 1.807) is 0 Å². The number of carbonyl (C=O) groups is 3. The zero-order valence-electron chi connectivity index (χ0n) is 9.80. The Hall–Kier alpha value is -2.51. The lowest BCUT2D eigenvalue weighted by Gasteiger charge is -2.13. The minimum atomic E-state index is -1.31. The van der Waals surface area contributed by atoms with Crippen LogP contribution in [0.5, 0.6) is 0 Å². The molecule has 0 aliphatic rings. The lowest BCUT2D eigenvalue weighted by Crippen LogP contribution is -2.41. The van der Waals surface area contributed by atoms with Gasteiger partial charge in [-0.05, 0) is 12.5 Å². The summed E-state index contributed by atoms with van der Waals surface area (Å²) in [5.41, 5.74) is 4.79. The number of nitrogens with one attached hydrogen (secondary N) is 1. The van der Waals surface area contributed by atoms with Crippen molar-refractivity contribution in [2.45, 2.75) is 18.9 Å². The Morgan fingerprint density at radius 2 is 2.11 bits per heavy atom. The zero-order valence-corrected chi connectivity index (χ0v) is 9.80. The van der Waals surface area contributed by atoms with Crippen molar-refractivity contribution < 1.29 is 23.9 Å². The van der Waals surface area contributed by atoms with Gasteiger partial charge in [-0.2, -0.15) is 0 Å². The predicted octanol–water partition coefficient (Wildman–Crippen LogP) is -0.331. The van der Waals surface area contributed by atoms with E-state index in [4.69, 9.17) is 10.8 Å². The summed E-state index contributed by atoms with van der Waals surface area (Å²) in [6, 6.07) is -0.349. The monoisotopic (exact) mass is 269 g/mol. The van der Waals surface area contributed by atoms with Crippen LogP contribution in [0.15, 0.2) is 18.5 Å². The van der Waals surface area contributed by atoms with Gasteiger partial charge in [0.1, 0.15) is 11.9 Å². The second-order valence-corrected chi connectivity index (χ2v) is 3.76. The fourth-order valence-corrected chi connectivity index (χ4v) is 1.32. The smallest absolute Gasteiger partial charge is 0.326 e. The number of pyridine rings is 1. The molecule has 0 aliphatic heterocycles. The van der Waals surface area contributed by atoms with Crippen LogP contribution in [0.3, 0.4) is 0 Å². The van der Waals surface area contributed by atoms with E-state index in [9.17, 15) is 18.8 Å². The average Bonchev–Trinajstić information content (AvgIpc) is 2.33. The van der Waals surface area contributed by atoms with E-state index in [1.165, 1.54) is 0 Å². The second-order valence-electron chi connectivity index (χ2n) is 3.76. The highest BCUT2D eigenvalue weighted by molar-refractivity contribution is 5.96. The first-order valence-corrected chi connectivity index (χ1v) is 5.32. The number of halogens is 1. The predicted molar refractivity (Wildman–Crippen MR) is 61.5 cm³/mol. The SMILES string of the molecule is NC(=O)CC[C@H](NC(=O)c1cncc(F)c1)C(=O)O. The third-order valence-electron chi connectivity index (χ3n) is 2.25. The third-order valence-corrected chi connectivity index (χ3v) is 2.25. The van der Waals surface area contributed by atoms with Gasteiger partial charge in [0, 0.05) is 12.6 Å². The molecule has 0 unspecified atom stereocenters. The number of carboxylic acids is 1. The van der Waals surface area contributed by atoms with Gasteiger partial charge in [-0.25, -0.2) is 9.18 Å². The number of amides is 2. The zero-order chi connectivity index (χ0) is 14.4. The van der Waals surface area contributed by atoms with Crippen molar-refractivity contribution in [1.29, 1.82) is 0 Å². The van der Waals surface area contributed by atoms with Crippen LogP contribution in [0.1, 0.15) is 23.2 Å². The van der Waals surface area contributed by atoms with Crippen molar-refractivity contribution in [3.63, 3.8) is 0 Å². The van der Waals surface area contributed by atoms with Gasteiger partial charge in [0.25, 0.3) is 5.91 Å². The van der Waals surface area contributed by atoms with E-state index in [-0.39, 0.29) is 18.4 Å². The molecule has 0 bridgehead atoms. The average molecular weight is 269 g/mol. The number of hydrogen-bond acceptors (Lipinski definition) is 4. The number of carbonyl (C=O) groups excluding carboxylic acids is 2. The molecule has 0 fully saturated rings. The summed E-state index contributed by atoms with van der Waals surface area (Å²) in [6.45, 7) is 0. The molecule has 0 aliphatic carbocycles. The molecule has 102 valence electrons. The minimum absolute atomic E-state index is 0.106. The number of aromatic nitrogens is 1. The number of primary amides is 1. The van der Waals surface area contributed by atoms with Gasteiger partial charge in [-0.15, -0.1) is 0 Å². The number of rotatable bonds is 6. The molecule has 0 radical (unpaired) electrons. The molecule has 1 atom stereocenters. The van der Waals surface area contributed by atoms with Gasteiger partial charge in [-0.3, -0.25) is 14.6 Å². The first-order chi connectivity index (χ1) is 8.90. The summed E-state index contributed by atoms with van der Waals surface area (Å²) in [5.74, 6) is -3.48. The van der Waals surface area contributed by atoms with Crippen LogP contribution < -0.4 is 11.1 Å². The summed E-state index contributed by atoms with van der Waals surface area (Å²) in [7, 11) is 0. The molecule has 1 aromatic heterocycles. The summed E-state index contributed by atoms with van der Waals surface area (Å²) in [5, 5.41) is 11.0. The van der Waals surface area contributed by atoms with E-state index in [2.05, 4.69) is 10.3 Å². The molecular formula is C11H12FN3O4. The maximum atomic E-state index is 12.9. The highest BCUT2D eigenvalue weighted by Crippen LogP contribution is 2.03. The fraction of sp³-hybridized carbons (Fsp3) is 0.273. The summed E-state index contributed by atoms with van der Waals surface area (Å²) in [4.78, 5) is 36.6. The Morgan fingerprint density at radius 1 is 1.42 bits per heavy atom. The van der Waals surface area contributed by atoms with E-state index in [0.717, 1.165) is 18.5 Å². The van der Waals surface area contributed by atoms with Gasteiger partial charge >= 0.3 is 5.97 Å². The van der Waals surface area contributed by atoms with E-state index in [0.29, 0.717) is 0 Å². The first-order valence-electron chi connectivity index (χ1n) is 5.32. The summed E-state index contributed by atoms with van der Waals surface area (Å²) < 4.78 is 12.9. The summed E-state index contributed by atoms with van der Waals surface area (Å²) >= 11 is 0. The number of nitrogens with two attached hydrogens (primary N) is 1. The third kappa shape index (κ3) is 4.70. The van der Waals surface area contributed by atoms with Gasteiger partial charge in [0.2, 0.25) is 5.91 Å². The van der Waals surface area contributed by atoms with E-state index < -0.39 is 29.6 Å². The lowest BCUT2D eigenvalue weighted by atomic mass is 10.1. The molecule has 1 aromatic rings. The van der Waals surface area contributed by atoms with Crippen LogP contribution in [0.4, 0.5) is 4.39 Å². The molecular weight excluding hydrogens is 257 g/mol. The lowest BCUT2D eigenvalue weighted by molar-refractivity contribution is -0.139. The number of carboxylic acid groups (broad SMARTS) is 1. The molecule has 1 heterocycles. The van der Waals surface area contributed by atoms with E-state index >= 15 is 0 Å². The Morgan fingerprint density at radius 3 is 2.63 bits per heavy atom. The van der Waals surface area contributed by atoms with Crippen LogP contribution in [0, 0.1) is 5.82 Å². The largest absolute Gasteiger partial charge is 0.480 e. The van der Waals surface area contributed by atoms with Crippen molar-refractivity contribution in [1.82, 2.24) is 10.3 Å². The number of aliphatic carboxylic acids is 1. The number of nitrogens with zero attached hydrogens (tertiary/aromatic N) is 1. The fourth-order valence-electron chi connectivity index (χ4n) is 1.32. The van der Waals surface area contributed by atoms with Gasteiger partial charge in [-0.1, -0.05) is 0 Å². The van der Waals surface area contributed by atoms with Crippen molar-refractivity contribution in [2.75, 3.05) is 0 Å². The molecule has 1 rings (SSSR count). The molecule has 7 nitrogen and oxygen atoms in total. The minimum Gasteiger partial charge on any atom is -0.480 e. The van der Waals surface area contributed by atoms with Crippen molar-refractivity contribution in [3.8, 4) is 0 Å². The Balaban J connectivity index is 2.71. The molecule has 4 N–H and O–H groups in total. The van der Waals surface area contributed by atoms with Crippen LogP contribution >= 0.6 is 0 Å². The van der Waals surface area contributed by atoms with Crippen LogP contribution in [-0.2, 0) is 9.59 Å². The molecule has 8 heteroatoms. The molecule has 0 aromatic carbocycles. The Bertz CT molecular complexity index is 506. The second kappa shape index (κ2) is 6.43. The molecule has 0 saturated heterocycles.